The molecular formula is C12H22BrN3. The van der Waals surface area contributed by atoms with E-state index < -0.39 is 0 Å². The number of hydrogen-bond acceptors (Lipinski definition) is 2. The van der Waals surface area contributed by atoms with Gasteiger partial charge in [-0.15, -0.1) is 0 Å². The van der Waals surface area contributed by atoms with Crippen molar-refractivity contribution in [3.8, 4) is 0 Å². The van der Waals surface area contributed by atoms with Crippen LogP contribution in [0.4, 0.5) is 0 Å². The molecule has 0 saturated carbocycles. The molecule has 1 N–H and O–H groups in total. The van der Waals surface area contributed by atoms with Crippen LogP contribution in [0.2, 0.25) is 0 Å². The highest BCUT2D eigenvalue weighted by Gasteiger charge is 2.07. The quantitative estimate of drug-likeness (QED) is 0.782. The summed E-state index contributed by atoms with van der Waals surface area (Å²) >= 11 is 3.54. The van der Waals surface area contributed by atoms with Crippen molar-refractivity contribution in [2.45, 2.75) is 46.6 Å². The van der Waals surface area contributed by atoms with Crippen molar-refractivity contribution in [1.29, 1.82) is 0 Å². The van der Waals surface area contributed by atoms with Gasteiger partial charge < -0.3 is 5.32 Å². The van der Waals surface area contributed by atoms with Gasteiger partial charge in [0.25, 0.3) is 0 Å². The molecule has 0 aliphatic heterocycles. The third-order valence-corrected chi connectivity index (χ3v) is 3.90. The third kappa shape index (κ3) is 3.91. The van der Waals surface area contributed by atoms with Crippen molar-refractivity contribution in [2.75, 3.05) is 13.1 Å². The standard InChI is InChI=1S/C12H22BrN3/c1-4-5-6-7-14-8-9-16-11(3)12(13)10(2)15-16/h14H,4-9H2,1-3H3. The highest BCUT2D eigenvalue weighted by Crippen LogP contribution is 2.19. The topological polar surface area (TPSA) is 29.9 Å². The predicted octanol–water partition coefficient (Wildman–Crippen LogP) is 3.04. The summed E-state index contributed by atoms with van der Waals surface area (Å²) in [7, 11) is 0. The lowest BCUT2D eigenvalue weighted by molar-refractivity contribution is 0.530. The van der Waals surface area contributed by atoms with E-state index in [0.29, 0.717) is 0 Å². The number of nitrogens with one attached hydrogen (secondary N) is 1. The molecule has 1 rings (SSSR count). The molecule has 0 bridgehead atoms. The van der Waals surface area contributed by atoms with Crippen molar-refractivity contribution in [3.63, 3.8) is 0 Å². The lowest BCUT2D eigenvalue weighted by Crippen LogP contribution is -2.22. The van der Waals surface area contributed by atoms with Crippen LogP contribution in [-0.4, -0.2) is 22.9 Å². The maximum Gasteiger partial charge on any atom is 0.0738 e. The Bertz CT molecular complexity index is 320. The van der Waals surface area contributed by atoms with Gasteiger partial charge in [-0.1, -0.05) is 19.8 Å². The molecule has 0 amide bonds. The molecule has 1 aromatic heterocycles. The molecule has 4 heteroatoms. The average Bonchev–Trinajstić information content (AvgIpc) is 2.51. The molecule has 3 nitrogen and oxygen atoms in total. The predicted molar refractivity (Wildman–Crippen MR) is 71.8 cm³/mol. The summed E-state index contributed by atoms with van der Waals surface area (Å²) in [6, 6.07) is 0. The summed E-state index contributed by atoms with van der Waals surface area (Å²) in [6.45, 7) is 9.42. The van der Waals surface area contributed by atoms with Crippen molar-refractivity contribution in [1.82, 2.24) is 15.1 Å². The summed E-state index contributed by atoms with van der Waals surface area (Å²) in [4.78, 5) is 0. The van der Waals surface area contributed by atoms with Crippen LogP contribution in [0.3, 0.4) is 0 Å². The molecule has 0 radical (unpaired) electrons. The molecule has 0 saturated heterocycles. The summed E-state index contributed by atoms with van der Waals surface area (Å²) in [5.74, 6) is 0. The highest BCUT2D eigenvalue weighted by atomic mass is 79.9. The Hall–Kier alpha value is -0.350. The minimum atomic E-state index is 0.949. The van der Waals surface area contributed by atoms with E-state index in [-0.39, 0.29) is 0 Å². The van der Waals surface area contributed by atoms with Crippen LogP contribution in [0.5, 0.6) is 0 Å². The van der Waals surface area contributed by atoms with Gasteiger partial charge in [-0.2, -0.15) is 5.10 Å². The van der Waals surface area contributed by atoms with Crippen LogP contribution >= 0.6 is 15.9 Å². The summed E-state index contributed by atoms with van der Waals surface area (Å²) in [5, 5.41) is 7.92. The second-order valence-corrected chi connectivity index (χ2v) is 4.96. The van der Waals surface area contributed by atoms with Crippen LogP contribution in [0, 0.1) is 13.8 Å². The Morgan fingerprint density at radius 3 is 2.56 bits per heavy atom. The van der Waals surface area contributed by atoms with E-state index in [1.165, 1.54) is 25.0 Å². The van der Waals surface area contributed by atoms with Crippen molar-refractivity contribution in [3.05, 3.63) is 15.9 Å². The lowest BCUT2D eigenvalue weighted by atomic mass is 10.2. The van der Waals surface area contributed by atoms with E-state index in [2.05, 4.69) is 44.9 Å². The van der Waals surface area contributed by atoms with Gasteiger partial charge in [0.1, 0.15) is 0 Å². The third-order valence-electron chi connectivity index (χ3n) is 2.75. The zero-order chi connectivity index (χ0) is 12.0. The number of halogens is 1. The summed E-state index contributed by atoms with van der Waals surface area (Å²) in [6.07, 6.45) is 3.88. The maximum absolute atomic E-state index is 4.47. The number of rotatable bonds is 7. The number of aryl methyl sites for hydroxylation is 1. The van der Waals surface area contributed by atoms with Gasteiger partial charge in [0, 0.05) is 12.2 Å². The van der Waals surface area contributed by atoms with Crippen molar-refractivity contribution < 1.29 is 0 Å². The van der Waals surface area contributed by atoms with E-state index in [0.717, 1.165) is 29.8 Å². The molecule has 0 aromatic carbocycles. The zero-order valence-corrected chi connectivity index (χ0v) is 12.1. The molecule has 0 fully saturated rings. The molecule has 0 spiro atoms. The van der Waals surface area contributed by atoms with Crippen LogP contribution in [0.15, 0.2) is 4.47 Å². The van der Waals surface area contributed by atoms with Crippen molar-refractivity contribution >= 4 is 15.9 Å². The van der Waals surface area contributed by atoms with Gasteiger partial charge in [0.2, 0.25) is 0 Å². The maximum atomic E-state index is 4.47. The first kappa shape index (κ1) is 13.7. The molecule has 1 heterocycles. The Morgan fingerprint density at radius 1 is 1.25 bits per heavy atom. The van der Waals surface area contributed by atoms with E-state index in [1.807, 2.05) is 6.92 Å². The highest BCUT2D eigenvalue weighted by molar-refractivity contribution is 9.10. The molecular weight excluding hydrogens is 266 g/mol. The molecule has 1 aromatic rings. The van der Waals surface area contributed by atoms with Gasteiger partial charge in [-0.05, 0) is 42.7 Å². The summed E-state index contributed by atoms with van der Waals surface area (Å²) < 4.78 is 3.20. The fourth-order valence-corrected chi connectivity index (χ4v) is 1.99. The molecule has 92 valence electrons. The SMILES string of the molecule is CCCCCNCCn1nc(C)c(Br)c1C. The van der Waals surface area contributed by atoms with Crippen LogP contribution in [0.1, 0.15) is 37.6 Å². The first-order valence-corrected chi connectivity index (χ1v) is 6.86. The Kier molecular flexibility index (Phi) is 6.06. The second kappa shape index (κ2) is 7.07. The average molecular weight is 288 g/mol. The molecule has 0 unspecified atom stereocenters. The van der Waals surface area contributed by atoms with E-state index >= 15 is 0 Å². The van der Waals surface area contributed by atoms with Gasteiger partial charge >= 0.3 is 0 Å². The molecule has 0 aliphatic carbocycles. The lowest BCUT2D eigenvalue weighted by Gasteiger charge is -2.06. The van der Waals surface area contributed by atoms with Crippen LogP contribution in [-0.2, 0) is 6.54 Å². The number of nitrogens with zero attached hydrogens (tertiary/aromatic N) is 2. The Balaban J connectivity index is 2.24. The van der Waals surface area contributed by atoms with E-state index in [9.17, 15) is 0 Å². The monoisotopic (exact) mass is 287 g/mol. The Morgan fingerprint density at radius 2 is 2.00 bits per heavy atom. The minimum absolute atomic E-state index is 0.949. The fourth-order valence-electron chi connectivity index (χ4n) is 1.70. The van der Waals surface area contributed by atoms with Gasteiger partial charge in [0.15, 0.2) is 0 Å². The van der Waals surface area contributed by atoms with Gasteiger partial charge in [0.05, 0.1) is 16.7 Å². The number of aromatic nitrogens is 2. The molecule has 0 aliphatic rings. The smallest absolute Gasteiger partial charge is 0.0738 e. The first-order valence-electron chi connectivity index (χ1n) is 6.07. The summed E-state index contributed by atoms with van der Waals surface area (Å²) in [5.41, 5.74) is 2.29. The largest absolute Gasteiger partial charge is 0.315 e. The zero-order valence-electron chi connectivity index (χ0n) is 10.5. The minimum Gasteiger partial charge on any atom is -0.315 e. The van der Waals surface area contributed by atoms with Crippen LogP contribution < -0.4 is 5.32 Å². The molecule has 16 heavy (non-hydrogen) atoms. The Labute approximate surface area is 107 Å². The van der Waals surface area contributed by atoms with E-state index in [4.69, 9.17) is 0 Å². The van der Waals surface area contributed by atoms with Gasteiger partial charge in [-0.3, -0.25) is 4.68 Å². The molecule has 0 atom stereocenters. The van der Waals surface area contributed by atoms with E-state index in [1.54, 1.807) is 0 Å². The first-order chi connectivity index (χ1) is 7.66. The fraction of sp³-hybridized carbons (Fsp3) is 0.750. The number of hydrogen-bond donors (Lipinski definition) is 1. The van der Waals surface area contributed by atoms with Crippen LogP contribution in [0.25, 0.3) is 0 Å². The normalized spacial score (nSPS) is 11.0. The second-order valence-electron chi connectivity index (χ2n) is 4.17. The van der Waals surface area contributed by atoms with Gasteiger partial charge in [-0.25, -0.2) is 0 Å². The van der Waals surface area contributed by atoms with Crippen molar-refractivity contribution in [2.24, 2.45) is 0 Å². The number of unbranched alkanes of at least 4 members (excludes halogenated alkanes) is 2.